The van der Waals surface area contributed by atoms with Crippen molar-refractivity contribution in [2.24, 2.45) is 0 Å². The van der Waals surface area contributed by atoms with Crippen molar-refractivity contribution in [2.45, 2.75) is 46.7 Å². The van der Waals surface area contributed by atoms with Gasteiger partial charge in [0.05, 0.1) is 6.04 Å². The van der Waals surface area contributed by atoms with Gasteiger partial charge in [0, 0.05) is 11.8 Å². The predicted octanol–water partition coefficient (Wildman–Crippen LogP) is 2.33. The fourth-order valence-electron chi connectivity index (χ4n) is 0.852. The molecule has 0 aromatic heterocycles. The van der Waals surface area contributed by atoms with Crippen molar-refractivity contribution in [1.82, 2.24) is 5.32 Å². The third kappa shape index (κ3) is 9.90. The molecule has 0 aromatic carbocycles. The Bertz CT molecular complexity index is 126. The summed E-state index contributed by atoms with van der Waals surface area (Å²) in [6, 6.07) is 0.418. The number of Topliss-reactive ketones (excluding diaryl/α,β-unsaturated/α-hetero) is 1. The van der Waals surface area contributed by atoms with Crippen molar-refractivity contribution in [2.75, 3.05) is 12.0 Å². The fourth-order valence-corrected chi connectivity index (χ4v) is 1.52. The average molecular weight is 205 g/mol. The quantitative estimate of drug-likeness (QED) is 0.747. The highest BCUT2D eigenvalue weighted by Gasteiger charge is 2.13. The zero-order valence-corrected chi connectivity index (χ0v) is 10.5. The molecule has 1 unspecified atom stereocenters. The van der Waals surface area contributed by atoms with E-state index in [0.29, 0.717) is 6.04 Å². The van der Waals surface area contributed by atoms with E-state index in [1.54, 1.807) is 18.7 Å². The molecular weight excluding hydrogens is 182 g/mol. The van der Waals surface area contributed by atoms with Crippen LogP contribution in [0.1, 0.15) is 34.6 Å². The fraction of sp³-hybridized carbons (Fsp3) is 0.900. The molecule has 0 aliphatic carbocycles. The molecule has 1 N–H and O–H groups in total. The number of hydrogen-bond acceptors (Lipinski definition) is 3. The highest BCUT2D eigenvalue weighted by Crippen LogP contribution is 1.99. The van der Waals surface area contributed by atoms with E-state index in [0.717, 1.165) is 5.75 Å². The van der Waals surface area contributed by atoms with Gasteiger partial charge >= 0.3 is 0 Å². The number of carbonyl (C=O) groups excluding carboxylic acids is 1. The maximum atomic E-state index is 11.0. The van der Waals surface area contributed by atoms with Gasteiger partial charge in [-0.1, -0.05) is 27.7 Å². The Morgan fingerprint density at radius 2 is 1.85 bits per heavy atom. The summed E-state index contributed by atoms with van der Waals surface area (Å²) in [6.45, 7) is 9.74. The first kappa shape index (κ1) is 15.5. The van der Waals surface area contributed by atoms with Gasteiger partial charge in [-0.15, -0.1) is 0 Å². The minimum atomic E-state index is 0.0324. The van der Waals surface area contributed by atoms with Crippen LogP contribution in [0.3, 0.4) is 0 Å². The van der Waals surface area contributed by atoms with Gasteiger partial charge < -0.3 is 5.32 Å². The van der Waals surface area contributed by atoms with Gasteiger partial charge in [0.2, 0.25) is 0 Å². The third-order valence-electron chi connectivity index (χ3n) is 1.36. The molecule has 80 valence electrons. The predicted molar refractivity (Wildman–Crippen MR) is 62.5 cm³/mol. The van der Waals surface area contributed by atoms with Crippen molar-refractivity contribution in [3.63, 3.8) is 0 Å². The standard InChI is InChI=1S/C8H17NOS.C2H6/c1-6(2)9-8(5-11-4)7(3)10;1-2/h6,8-9H,5H2,1-4H3;1-2H3. The summed E-state index contributed by atoms with van der Waals surface area (Å²) in [4.78, 5) is 11.0. The lowest BCUT2D eigenvalue weighted by Gasteiger charge is -2.17. The largest absolute Gasteiger partial charge is 0.305 e. The molecule has 0 aliphatic heterocycles. The molecule has 1 atom stereocenters. The summed E-state index contributed by atoms with van der Waals surface area (Å²) in [5.74, 6) is 1.10. The summed E-state index contributed by atoms with van der Waals surface area (Å²) >= 11 is 1.70. The van der Waals surface area contributed by atoms with Crippen LogP contribution in [0, 0.1) is 0 Å². The van der Waals surface area contributed by atoms with Gasteiger partial charge in [0.15, 0.2) is 0 Å². The van der Waals surface area contributed by atoms with Crippen molar-refractivity contribution in [1.29, 1.82) is 0 Å². The van der Waals surface area contributed by atoms with Crippen LogP contribution in [0.25, 0.3) is 0 Å². The van der Waals surface area contributed by atoms with Crippen LogP contribution in [0.4, 0.5) is 0 Å². The number of hydrogen-bond donors (Lipinski definition) is 1. The van der Waals surface area contributed by atoms with Gasteiger partial charge in [0.1, 0.15) is 5.78 Å². The van der Waals surface area contributed by atoms with E-state index in [-0.39, 0.29) is 11.8 Å². The molecule has 0 radical (unpaired) electrons. The van der Waals surface area contributed by atoms with Crippen LogP contribution >= 0.6 is 11.8 Å². The van der Waals surface area contributed by atoms with Crippen LogP contribution in [0.15, 0.2) is 0 Å². The van der Waals surface area contributed by atoms with Gasteiger partial charge in [-0.25, -0.2) is 0 Å². The Balaban J connectivity index is 0. The van der Waals surface area contributed by atoms with Crippen molar-refractivity contribution in [3.8, 4) is 0 Å². The molecule has 13 heavy (non-hydrogen) atoms. The molecule has 0 rings (SSSR count). The van der Waals surface area contributed by atoms with Crippen LogP contribution < -0.4 is 5.32 Å². The first-order valence-electron chi connectivity index (χ1n) is 4.83. The number of nitrogens with one attached hydrogen (secondary N) is 1. The second-order valence-corrected chi connectivity index (χ2v) is 3.85. The third-order valence-corrected chi connectivity index (χ3v) is 2.03. The Morgan fingerprint density at radius 1 is 1.38 bits per heavy atom. The van der Waals surface area contributed by atoms with Gasteiger partial charge in [-0.3, -0.25) is 4.79 Å². The first-order chi connectivity index (χ1) is 6.07. The molecule has 0 aliphatic rings. The summed E-state index contributed by atoms with van der Waals surface area (Å²) in [7, 11) is 0. The summed E-state index contributed by atoms with van der Waals surface area (Å²) < 4.78 is 0. The smallest absolute Gasteiger partial charge is 0.147 e. The second-order valence-electron chi connectivity index (χ2n) is 2.94. The SMILES string of the molecule is CC.CSCC(NC(C)C)C(C)=O. The van der Waals surface area contributed by atoms with E-state index in [9.17, 15) is 4.79 Å². The minimum absolute atomic E-state index is 0.0324. The lowest BCUT2D eigenvalue weighted by atomic mass is 10.2. The first-order valence-corrected chi connectivity index (χ1v) is 6.22. The van der Waals surface area contributed by atoms with E-state index in [2.05, 4.69) is 19.2 Å². The number of ketones is 1. The molecule has 3 heteroatoms. The molecule has 2 nitrogen and oxygen atoms in total. The lowest BCUT2D eigenvalue weighted by Crippen LogP contribution is -2.41. The topological polar surface area (TPSA) is 29.1 Å². The highest BCUT2D eigenvalue weighted by molar-refractivity contribution is 7.98. The van der Waals surface area contributed by atoms with Crippen LogP contribution in [0.5, 0.6) is 0 Å². The molecule has 0 bridgehead atoms. The molecule has 0 saturated carbocycles. The van der Waals surface area contributed by atoms with Crippen molar-refractivity contribution in [3.05, 3.63) is 0 Å². The Labute approximate surface area is 86.9 Å². The summed E-state index contributed by atoms with van der Waals surface area (Å²) in [5, 5.41) is 3.21. The minimum Gasteiger partial charge on any atom is -0.305 e. The maximum absolute atomic E-state index is 11.0. The van der Waals surface area contributed by atoms with Crippen LogP contribution in [-0.4, -0.2) is 29.9 Å². The number of rotatable bonds is 5. The second kappa shape index (κ2) is 10.1. The number of thioether (sulfide) groups is 1. The van der Waals surface area contributed by atoms with Crippen LogP contribution in [0.2, 0.25) is 0 Å². The molecule has 0 spiro atoms. The molecule has 0 saturated heterocycles. The van der Waals surface area contributed by atoms with Crippen molar-refractivity contribution >= 4 is 17.5 Å². The monoisotopic (exact) mass is 205 g/mol. The molecular formula is C10H23NOS. The zero-order chi connectivity index (χ0) is 10.9. The Hall–Kier alpha value is -0.0200. The van der Waals surface area contributed by atoms with Gasteiger partial charge in [-0.05, 0) is 13.2 Å². The molecule has 0 fully saturated rings. The summed E-state index contributed by atoms with van der Waals surface area (Å²) in [5.41, 5.74) is 0. The van der Waals surface area contributed by atoms with Gasteiger partial charge in [0.25, 0.3) is 0 Å². The maximum Gasteiger partial charge on any atom is 0.147 e. The van der Waals surface area contributed by atoms with Crippen molar-refractivity contribution < 1.29 is 4.79 Å². The Morgan fingerprint density at radius 3 is 2.08 bits per heavy atom. The average Bonchev–Trinajstić information content (AvgIpc) is 2.06. The summed E-state index contributed by atoms with van der Waals surface area (Å²) in [6.07, 6.45) is 2.01. The lowest BCUT2D eigenvalue weighted by molar-refractivity contribution is -0.118. The van der Waals surface area contributed by atoms with E-state index >= 15 is 0 Å². The molecule has 0 aromatic rings. The highest BCUT2D eigenvalue weighted by atomic mass is 32.2. The molecule has 0 heterocycles. The zero-order valence-electron chi connectivity index (χ0n) is 9.68. The van der Waals surface area contributed by atoms with E-state index < -0.39 is 0 Å². The van der Waals surface area contributed by atoms with Gasteiger partial charge in [-0.2, -0.15) is 11.8 Å². The van der Waals surface area contributed by atoms with E-state index in [1.807, 2.05) is 20.1 Å². The van der Waals surface area contributed by atoms with E-state index in [1.165, 1.54) is 0 Å². The molecule has 0 amide bonds. The normalized spacial score (nSPS) is 11.9. The van der Waals surface area contributed by atoms with E-state index in [4.69, 9.17) is 0 Å². The number of carbonyl (C=O) groups is 1. The van der Waals surface area contributed by atoms with Crippen LogP contribution in [-0.2, 0) is 4.79 Å². The Kier molecular flexibility index (Phi) is 12.0.